The largest absolute Gasteiger partial charge is 0.348 e. The van der Waals surface area contributed by atoms with Crippen molar-refractivity contribution in [1.29, 1.82) is 0 Å². The molecule has 7 nitrogen and oxygen atoms in total. The van der Waals surface area contributed by atoms with Crippen LogP contribution in [0.2, 0.25) is 0 Å². The van der Waals surface area contributed by atoms with E-state index >= 15 is 0 Å². The summed E-state index contributed by atoms with van der Waals surface area (Å²) in [6, 6.07) is 5.59. The molecule has 0 saturated heterocycles. The molecule has 0 spiro atoms. The lowest BCUT2D eigenvalue weighted by atomic mass is 9.92. The lowest BCUT2D eigenvalue weighted by Gasteiger charge is -2.16. The maximum atomic E-state index is 13.2. The fraction of sp³-hybridized carbons (Fsp3) is 0.292. The molecule has 31 heavy (non-hydrogen) atoms. The van der Waals surface area contributed by atoms with Crippen LogP contribution in [0.5, 0.6) is 0 Å². The van der Waals surface area contributed by atoms with Crippen LogP contribution in [0, 0.1) is 0 Å². The number of carbonyl (C=O) groups is 2. The van der Waals surface area contributed by atoms with Crippen LogP contribution < -0.4 is 5.32 Å². The number of fused-ring (bicyclic) bond motifs is 1. The molecule has 3 heterocycles. The van der Waals surface area contributed by atoms with Crippen molar-refractivity contribution in [1.82, 2.24) is 25.1 Å². The molecular formula is C24H23N5O2. The molecule has 3 aromatic rings. The summed E-state index contributed by atoms with van der Waals surface area (Å²) >= 11 is 0. The molecule has 0 radical (unpaired) electrons. The second-order valence-corrected chi connectivity index (χ2v) is 8.30. The van der Waals surface area contributed by atoms with Crippen LogP contribution in [0.25, 0.3) is 16.7 Å². The van der Waals surface area contributed by atoms with Crippen molar-refractivity contribution >= 4 is 22.7 Å². The first kappa shape index (κ1) is 19.4. The molecule has 5 rings (SSSR count). The normalized spacial score (nSPS) is 16.6. The highest BCUT2D eigenvalue weighted by Gasteiger charge is 2.28. The third kappa shape index (κ3) is 3.67. The Hall–Kier alpha value is -3.61. The molecule has 1 saturated carbocycles. The van der Waals surface area contributed by atoms with Crippen molar-refractivity contribution < 1.29 is 9.59 Å². The van der Waals surface area contributed by atoms with E-state index in [9.17, 15) is 9.59 Å². The lowest BCUT2D eigenvalue weighted by molar-refractivity contribution is -0.115. The van der Waals surface area contributed by atoms with Crippen molar-refractivity contribution in [2.45, 2.75) is 39.0 Å². The number of ketones is 1. The second-order valence-electron chi connectivity index (χ2n) is 8.30. The Kier molecular flexibility index (Phi) is 4.73. The Labute approximate surface area is 179 Å². The number of aromatic nitrogens is 4. The zero-order chi connectivity index (χ0) is 21.5. The van der Waals surface area contributed by atoms with E-state index in [2.05, 4.69) is 15.4 Å². The number of nitrogens with zero attached hydrogens (tertiary/aromatic N) is 4. The van der Waals surface area contributed by atoms with Gasteiger partial charge >= 0.3 is 0 Å². The highest BCUT2D eigenvalue weighted by Crippen LogP contribution is 2.40. The van der Waals surface area contributed by atoms with Crippen LogP contribution >= 0.6 is 0 Å². The summed E-state index contributed by atoms with van der Waals surface area (Å²) in [5.41, 5.74) is 5.58. The fourth-order valence-corrected chi connectivity index (χ4v) is 4.06. The van der Waals surface area contributed by atoms with Gasteiger partial charge in [-0.3, -0.25) is 14.6 Å². The molecule has 0 unspecified atom stereocenters. The monoisotopic (exact) mass is 413 g/mol. The fourth-order valence-electron chi connectivity index (χ4n) is 4.06. The lowest BCUT2D eigenvalue weighted by Crippen LogP contribution is -2.29. The van der Waals surface area contributed by atoms with E-state index in [0.29, 0.717) is 34.5 Å². The number of allylic oxidation sites excluding steroid dienone is 3. The Morgan fingerprint density at radius 3 is 2.71 bits per heavy atom. The van der Waals surface area contributed by atoms with Crippen LogP contribution in [0.15, 0.2) is 59.6 Å². The molecule has 2 aliphatic rings. The standard InChI is InChI=1S/C24H23N5O2/c1-14-9-15(2)19(22(30)10-14)12-26-24(31)18-11-21(16-3-4-16)28-23-20(18)13-27-29(23)17-5-7-25-8-6-17/h5-9,11,13,16H,3-4,10,12H2,1-2H3,(H,26,31). The first-order valence-electron chi connectivity index (χ1n) is 10.5. The number of amides is 1. The van der Waals surface area contributed by atoms with Crippen LogP contribution in [0.1, 0.15) is 55.1 Å². The van der Waals surface area contributed by atoms with Crippen LogP contribution in [-0.4, -0.2) is 38.0 Å². The Morgan fingerprint density at radius 1 is 1.23 bits per heavy atom. The second kappa shape index (κ2) is 7.58. The van der Waals surface area contributed by atoms with E-state index in [0.717, 1.165) is 35.4 Å². The summed E-state index contributed by atoms with van der Waals surface area (Å²) in [7, 11) is 0. The molecule has 2 aliphatic carbocycles. The minimum absolute atomic E-state index is 0.0712. The predicted molar refractivity (Wildman–Crippen MR) is 117 cm³/mol. The molecule has 1 fully saturated rings. The average molecular weight is 413 g/mol. The zero-order valence-corrected chi connectivity index (χ0v) is 17.6. The predicted octanol–water partition coefficient (Wildman–Crippen LogP) is 3.66. The maximum absolute atomic E-state index is 13.2. The SMILES string of the molecule is CC1=CC(C)=C(CNC(=O)c2cc(C3CC3)nc3c2cnn3-c2ccncc2)C(=O)C1. The molecule has 1 N–H and O–H groups in total. The van der Waals surface area contributed by atoms with E-state index in [1.165, 1.54) is 0 Å². The van der Waals surface area contributed by atoms with Gasteiger partial charge in [-0.15, -0.1) is 0 Å². The number of hydrogen-bond donors (Lipinski definition) is 1. The van der Waals surface area contributed by atoms with Gasteiger partial charge in [-0.25, -0.2) is 9.67 Å². The molecule has 0 bridgehead atoms. The minimum atomic E-state index is -0.219. The summed E-state index contributed by atoms with van der Waals surface area (Å²) < 4.78 is 1.74. The highest BCUT2D eigenvalue weighted by molar-refractivity contribution is 6.07. The third-order valence-corrected chi connectivity index (χ3v) is 5.85. The first-order chi connectivity index (χ1) is 15.0. The van der Waals surface area contributed by atoms with E-state index in [1.54, 1.807) is 23.3 Å². The smallest absolute Gasteiger partial charge is 0.252 e. The summed E-state index contributed by atoms with van der Waals surface area (Å²) in [6.45, 7) is 4.08. The number of hydrogen-bond acceptors (Lipinski definition) is 5. The van der Waals surface area contributed by atoms with Gasteiger partial charge in [-0.05, 0) is 50.5 Å². The van der Waals surface area contributed by atoms with Crippen molar-refractivity contribution in [3.8, 4) is 5.69 Å². The number of Topliss-reactive ketones (excluding diaryl/α,β-unsaturated/α-hetero) is 1. The van der Waals surface area contributed by atoms with Crippen molar-refractivity contribution in [3.63, 3.8) is 0 Å². The number of carbonyl (C=O) groups excluding carboxylic acids is 2. The molecule has 0 atom stereocenters. The number of rotatable bonds is 5. The van der Waals surface area contributed by atoms with Gasteiger partial charge in [0.25, 0.3) is 5.91 Å². The van der Waals surface area contributed by atoms with Crippen LogP contribution in [-0.2, 0) is 4.79 Å². The molecule has 7 heteroatoms. The molecule has 0 aliphatic heterocycles. The molecule has 0 aromatic carbocycles. The van der Waals surface area contributed by atoms with Gasteiger partial charge in [0.1, 0.15) is 0 Å². The van der Waals surface area contributed by atoms with Gasteiger partial charge in [-0.1, -0.05) is 11.6 Å². The van der Waals surface area contributed by atoms with E-state index < -0.39 is 0 Å². The Bertz CT molecular complexity index is 1270. The van der Waals surface area contributed by atoms with E-state index in [1.807, 2.05) is 38.1 Å². The Morgan fingerprint density at radius 2 is 2.00 bits per heavy atom. The number of nitrogens with one attached hydrogen (secondary N) is 1. The maximum Gasteiger partial charge on any atom is 0.252 e. The zero-order valence-electron chi connectivity index (χ0n) is 17.6. The first-order valence-corrected chi connectivity index (χ1v) is 10.5. The van der Waals surface area contributed by atoms with Gasteiger partial charge in [0.05, 0.1) is 22.8 Å². The van der Waals surface area contributed by atoms with E-state index in [-0.39, 0.29) is 18.2 Å². The highest BCUT2D eigenvalue weighted by atomic mass is 16.2. The summed E-state index contributed by atoms with van der Waals surface area (Å²) in [5, 5.41) is 8.13. The van der Waals surface area contributed by atoms with Crippen molar-refractivity contribution in [2.75, 3.05) is 6.54 Å². The van der Waals surface area contributed by atoms with Crippen LogP contribution in [0.3, 0.4) is 0 Å². The summed E-state index contributed by atoms with van der Waals surface area (Å²) in [5.74, 6) is 0.236. The van der Waals surface area contributed by atoms with Gasteiger partial charge < -0.3 is 5.32 Å². The van der Waals surface area contributed by atoms with Gasteiger partial charge in [-0.2, -0.15) is 5.10 Å². The topological polar surface area (TPSA) is 89.8 Å². The van der Waals surface area contributed by atoms with Crippen molar-refractivity contribution in [2.24, 2.45) is 0 Å². The average Bonchev–Trinajstić information content (AvgIpc) is 3.52. The Balaban J connectivity index is 1.50. The summed E-state index contributed by atoms with van der Waals surface area (Å²) in [4.78, 5) is 34.5. The van der Waals surface area contributed by atoms with Gasteiger partial charge in [0, 0.05) is 42.5 Å². The summed E-state index contributed by atoms with van der Waals surface area (Å²) in [6.07, 6.45) is 9.66. The molecule has 156 valence electrons. The molecular weight excluding hydrogens is 390 g/mol. The quantitative estimate of drug-likeness (QED) is 0.689. The minimum Gasteiger partial charge on any atom is -0.348 e. The number of pyridine rings is 2. The van der Waals surface area contributed by atoms with Gasteiger partial charge in [0.15, 0.2) is 11.4 Å². The molecule has 1 amide bonds. The van der Waals surface area contributed by atoms with Crippen molar-refractivity contribution in [3.05, 3.63) is 70.8 Å². The third-order valence-electron chi connectivity index (χ3n) is 5.85. The van der Waals surface area contributed by atoms with E-state index in [4.69, 9.17) is 4.98 Å². The van der Waals surface area contributed by atoms with Gasteiger partial charge in [0.2, 0.25) is 0 Å². The molecule has 3 aromatic heterocycles. The van der Waals surface area contributed by atoms with Crippen LogP contribution in [0.4, 0.5) is 0 Å².